The maximum atomic E-state index is 9.55. The largest absolute Gasteiger partial charge is 0.478 e. The third-order valence-corrected chi connectivity index (χ3v) is 1.92. The van der Waals surface area contributed by atoms with Crippen molar-refractivity contribution in [2.75, 3.05) is 39.4 Å². The average Bonchev–Trinajstić information content (AvgIpc) is 2.29. The summed E-state index contributed by atoms with van der Waals surface area (Å²) in [4.78, 5) is 21.4. The zero-order valence-electron chi connectivity index (χ0n) is 9.54. The lowest BCUT2D eigenvalue weighted by atomic mass is 10.4. The lowest BCUT2D eigenvalue weighted by Gasteiger charge is -2.25. The third kappa shape index (κ3) is 10.8. The van der Waals surface area contributed by atoms with Crippen LogP contribution in [0.1, 0.15) is 0 Å². The van der Waals surface area contributed by atoms with Gasteiger partial charge in [-0.3, -0.25) is 4.90 Å². The van der Waals surface area contributed by atoms with Gasteiger partial charge in [0.05, 0.1) is 13.2 Å². The second-order valence-electron chi connectivity index (χ2n) is 3.25. The van der Waals surface area contributed by atoms with Gasteiger partial charge in [-0.05, 0) is 0 Å². The van der Waals surface area contributed by atoms with Crippen LogP contribution < -0.4 is 5.73 Å². The minimum atomic E-state index is -1.26. The summed E-state index contributed by atoms with van der Waals surface area (Å²) in [5, 5.41) is 15.6. The maximum absolute atomic E-state index is 9.55. The van der Waals surface area contributed by atoms with Crippen LogP contribution in [0.15, 0.2) is 12.2 Å². The van der Waals surface area contributed by atoms with Crippen LogP contribution in [0.3, 0.4) is 0 Å². The van der Waals surface area contributed by atoms with E-state index in [4.69, 9.17) is 20.7 Å². The Balaban J connectivity index is 0.000000304. The number of rotatable bonds is 4. The molecule has 7 heteroatoms. The van der Waals surface area contributed by atoms with Gasteiger partial charge >= 0.3 is 11.9 Å². The van der Waals surface area contributed by atoms with Gasteiger partial charge < -0.3 is 20.7 Å². The molecule has 1 saturated heterocycles. The van der Waals surface area contributed by atoms with E-state index in [2.05, 4.69) is 4.90 Å². The number of nitrogens with zero attached hydrogens (tertiary/aromatic N) is 1. The molecule has 1 fully saturated rings. The van der Waals surface area contributed by atoms with Gasteiger partial charge in [0.15, 0.2) is 0 Å². The van der Waals surface area contributed by atoms with E-state index in [1.165, 1.54) is 0 Å². The minimum absolute atomic E-state index is 0.558. The topological polar surface area (TPSA) is 113 Å². The molecule has 0 aromatic carbocycles. The lowest BCUT2D eigenvalue weighted by molar-refractivity contribution is -0.134. The zero-order chi connectivity index (χ0) is 13.1. The maximum Gasteiger partial charge on any atom is 0.328 e. The van der Waals surface area contributed by atoms with E-state index < -0.39 is 11.9 Å². The average molecular weight is 246 g/mol. The predicted octanol–water partition coefficient (Wildman–Crippen LogP) is -1.01. The number of ether oxygens (including phenoxy) is 1. The summed E-state index contributed by atoms with van der Waals surface area (Å²) in [7, 11) is 0. The van der Waals surface area contributed by atoms with Crippen LogP contribution in [-0.2, 0) is 14.3 Å². The van der Waals surface area contributed by atoms with E-state index in [0.29, 0.717) is 12.2 Å². The van der Waals surface area contributed by atoms with Crippen molar-refractivity contribution in [3.63, 3.8) is 0 Å². The summed E-state index contributed by atoms with van der Waals surface area (Å²) < 4.78 is 5.16. The number of hydrogen-bond donors (Lipinski definition) is 3. The van der Waals surface area contributed by atoms with Gasteiger partial charge in [-0.1, -0.05) is 0 Å². The highest BCUT2D eigenvalue weighted by atomic mass is 16.5. The molecule has 1 aliphatic rings. The molecule has 1 rings (SSSR count). The molecule has 7 nitrogen and oxygen atoms in total. The number of nitrogens with two attached hydrogens (primary N) is 1. The Hall–Kier alpha value is -1.44. The number of carbonyl (C=O) groups is 2. The SMILES string of the molecule is NCCN1CCOCC1.O=C(O)/C=C\C(=O)O. The van der Waals surface area contributed by atoms with Crippen LogP contribution in [0.5, 0.6) is 0 Å². The van der Waals surface area contributed by atoms with Crippen molar-refractivity contribution >= 4 is 11.9 Å². The van der Waals surface area contributed by atoms with Crippen molar-refractivity contribution in [1.82, 2.24) is 4.90 Å². The summed E-state index contributed by atoms with van der Waals surface area (Å²) in [6.45, 7) is 5.64. The molecule has 0 saturated carbocycles. The predicted molar refractivity (Wildman–Crippen MR) is 60.7 cm³/mol. The number of aliphatic carboxylic acids is 2. The van der Waals surface area contributed by atoms with E-state index in [1.54, 1.807) is 0 Å². The summed E-state index contributed by atoms with van der Waals surface area (Å²) in [5.41, 5.74) is 5.38. The van der Waals surface area contributed by atoms with E-state index in [0.717, 1.165) is 39.4 Å². The van der Waals surface area contributed by atoms with Crippen molar-refractivity contribution in [2.45, 2.75) is 0 Å². The third-order valence-electron chi connectivity index (χ3n) is 1.92. The Morgan fingerprint density at radius 2 is 1.65 bits per heavy atom. The van der Waals surface area contributed by atoms with Crippen molar-refractivity contribution in [2.24, 2.45) is 5.73 Å². The smallest absolute Gasteiger partial charge is 0.328 e. The quantitative estimate of drug-likeness (QED) is 0.544. The summed E-state index contributed by atoms with van der Waals surface area (Å²) >= 11 is 0. The van der Waals surface area contributed by atoms with Crippen molar-refractivity contribution in [3.05, 3.63) is 12.2 Å². The fourth-order valence-electron chi connectivity index (χ4n) is 1.15. The van der Waals surface area contributed by atoms with Crippen LogP contribution in [0, 0.1) is 0 Å². The molecule has 0 radical (unpaired) electrons. The van der Waals surface area contributed by atoms with Gasteiger partial charge in [0.1, 0.15) is 0 Å². The molecule has 0 aromatic rings. The monoisotopic (exact) mass is 246 g/mol. The molecule has 0 aliphatic carbocycles. The second-order valence-corrected chi connectivity index (χ2v) is 3.25. The van der Waals surface area contributed by atoms with E-state index in [-0.39, 0.29) is 0 Å². The summed E-state index contributed by atoms with van der Waals surface area (Å²) in [6.07, 6.45) is 1.12. The fraction of sp³-hybridized carbons (Fsp3) is 0.600. The van der Waals surface area contributed by atoms with Gasteiger partial charge in [0, 0.05) is 38.3 Å². The van der Waals surface area contributed by atoms with Gasteiger partial charge in [-0.2, -0.15) is 0 Å². The fourth-order valence-corrected chi connectivity index (χ4v) is 1.15. The molecule has 0 spiro atoms. The molecule has 0 amide bonds. The van der Waals surface area contributed by atoms with Gasteiger partial charge in [-0.25, -0.2) is 9.59 Å². The first-order valence-electron chi connectivity index (χ1n) is 5.20. The first-order chi connectivity index (χ1) is 8.06. The standard InChI is InChI=1S/C6H14N2O.C4H4O4/c7-1-2-8-3-5-9-6-4-8;5-3(6)1-2-4(7)8/h1-7H2;1-2H,(H,5,6)(H,7,8)/b;2-1-. The molecular weight excluding hydrogens is 228 g/mol. The first kappa shape index (κ1) is 15.6. The van der Waals surface area contributed by atoms with E-state index in [1.807, 2.05) is 0 Å². The van der Waals surface area contributed by atoms with Crippen LogP contribution in [-0.4, -0.2) is 66.4 Å². The summed E-state index contributed by atoms with van der Waals surface area (Å²) in [6, 6.07) is 0. The van der Waals surface area contributed by atoms with Crippen LogP contribution in [0.25, 0.3) is 0 Å². The molecule has 0 aromatic heterocycles. The molecule has 1 heterocycles. The number of morpholine rings is 1. The molecule has 17 heavy (non-hydrogen) atoms. The Morgan fingerprint density at radius 1 is 1.18 bits per heavy atom. The first-order valence-corrected chi connectivity index (χ1v) is 5.20. The molecular formula is C10H18N2O5. The van der Waals surface area contributed by atoms with Crippen LogP contribution in [0.2, 0.25) is 0 Å². The zero-order valence-corrected chi connectivity index (χ0v) is 9.54. The Labute approximate surface area is 99.5 Å². The molecule has 0 bridgehead atoms. The highest BCUT2D eigenvalue weighted by molar-refractivity contribution is 5.89. The highest BCUT2D eigenvalue weighted by Crippen LogP contribution is 1.93. The van der Waals surface area contributed by atoms with Crippen LogP contribution in [0.4, 0.5) is 0 Å². The van der Waals surface area contributed by atoms with E-state index >= 15 is 0 Å². The van der Waals surface area contributed by atoms with Gasteiger partial charge in [0.25, 0.3) is 0 Å². The normalized spacial score (nSPS) is 16.3. The molecule has 0 unspecified atom stereocenters. The van der Waals surface area contributed by atoms with Crippen molar-refractivity contribution in [1.29, 1.82) is 0 Å². The molecule has 4 N–H and O–H groups in total. The lowest BCUT2D eigenvalue weighted by Crippen LogP contribution is -2.39. The second kappa shape index (κ2) is 9.76. The van der Waals surface area contributed by atoms with Gasteiger partial charge in [-0.15, -0.1) is 0 Å². The Kier molecular flexibility index (Phi) is 8.94. The van der Waals surface area contributed by atoms with Crippen molar-refractivity contribution in [3.8, 4) is 0 Å². The number of hydrogen-bond acceptors (Lipinski definition) is 5. The highest BCUT2D eigenvalue weighted by Gasteiger charge is 2.07. The molecule has 0 atom stereocenters. The van der Waals surface area contributed by atoms with Crippen LogP contribution >= 0.6 is 0 Å². The minimum Gasteiger partial charge on any atom is -0.478 e. The molecule has 1 aliphatic heterocycles. The number of carboxylic acids is 2. The Bertz CT molecular complexity index is 243. The van der Waals surface area contributed by atoms with E-state index in [9.17, 15) is 9.59 Å². The Morgan fingerprint density at radius 3 is 2.00 bits per heavy atom. The number of carboxylic acid groups (broad SMARTS) is 2. The van der Waals surface area contributed by atoms with Crippen molar-refractivity contribution < 1.29 is 24.5 Å². The molecule has 98 valence electrons. The summed E-state index contributed by atoms with van der Waals surface area (Å²) in [5.74, 6) is -2.51. The van der Waals surface area contributed by atoms with Gasteiger partial charge in [0.2, 0.25) is 0 Å².